The summed E-state index contributed by atoms with van der Waals surface area (Å²) in [6.45, 7) is 2.86. The summed E-state index contributed by atoms with van der Waals surface area (Å²) in [7, 11) is -3.97. The number of carbonyl (C=O) groups excluding carboxylic acids is 2. The van der Waals surface area contributed by atoms with E-state index in [1.165, 1.54) is 22.6 Å². The van der Waals surface area contributed by atoms with E-state index in [2.05, 4.69) is 10.5 Å². The van der Waals surface area contributed by atoms with E-state index in [-0.39, 0.29) is 37.6 Å². The number of thiophene rings is 1. The van der Waals surface area contributed by atoms with Crippen LogP contribution in [0.25, 0.3) is 21.8 Å². The van der Waals surface area contributed by atoms with Crippen LogP contribution < -0.4 is 10.2 Å². The molecular formula is C34H37N3O8S2. The van der Waals surface area contributed by atoms with E-state index in [0.29, 0.717) is 41.6 Å². The third kappa shape index (κ3) is 7.13. The molecule has 2 aliphatic rings. The molecule has 0 spiro atoms. The van der Waals surface area contributed by atoms with Gasteiger partial charge in [-0.3, -0.25) is 9.59 Å². The molecule has 2 amide bonds. The molecule has 4 aromatic rings. The topological polar surface area (TPSA) is 137 Å². The number of ether oxygens (including phenoxy) is 2. The summed E-state index contributed by atoms with van der Waals surface area (Å²) < 4.78 is 43.7. The third-order valence-corrected chi connectivity index (χ3v) is 12.5. The fraction of sp³-hybridized carbons (Fsp3) is 0.382. The van der Waals surface area contributed by atoms with Crippen LogP contribution >= 0.6 is 11.3 Å². The van der Waals surface area contributed by atoms with E-state index in [9.17, 15) is 18.0 Å². The Kier molecular flexibility index (Phi) is 10.1. The van der Waals surface area contributed by atoms with E-state index in [1.807, 2.05) is 37.3 Å². The van der Waals surface area contributed by atoms with Gasteiger partial charge in [0.05, 0.1) is 30.5 Å². The van der Waals surface area contributed by atoms with Gasteiger partial charge < -0.3 is 18.8 Å². The number of para-hydroxylation sites is 1. The van der Waals surface area contributed by atoms with Crippen LogP contribution in [-0.4, -0.2) is 68.5 Å². The van der Waals surface area contributed by atoms with Gasteiger partial charge in [-0.15, -0.1) is 11.3 Å². The van der Waals surface area contributed by atoms with Gasteiger partial charge in [-0.05, 0) is 56.0 Å². The Hall–Kier alpha value is -4.04. The van der Waals surface area contributed by atoms with Crippen LogP contribution in [-0.2, 0) is 29.0 Å². The summed E-state index contributed by atoms with van der Waals surface area (Å²) in [5, 5.41) is 0. The number of nitrogens with zero attached hydrogens (tertiary/aromatic N) is 2. The first kappa shape index (κ1) is 32.9. The van der Waals surface area contributed by atoms with E-state index < -0.39 is 26.8 Å². The van der Waals surface area contributed by atoms with Gasteiger partial charge in [-0.1, -0.05) is 36.4 Å². The lowest BCUT2D eigenvalue weighted by molar-refractivity contribution is -0.200. The van der Waals surface area contributed by atoms with Crippen molar-refractivity contribution in [3.05, 3.63) is 83.7 Å². The van der Waals surface area contributed by atoms with Crippen molar-refractivity contribution in [3.8, 4) is 27.5 Å². The second kappa shape index (κ2) is 14.4. The van der Waals surface area contributed by atoms with Crippen LogP contribution in [0.2, 0.25) is 0 Å². The minimum atomic E-state index is -3.97. The first-order chi connectivity index (χ1) is 22.8. The zero-order valence-electron chi connectivity index (χ0n) is 26.1. The molecule has 2 saturated heterocycles. The molecule has 2 aromatic carbocycles. The van der Waals surface area contributed by atoms with Gasteiger partial charge in [-0.2, -0.15) is 0 Å². The minimum absolute atomic E-state index is 0.0151. The van der Waals surface area contributed by atoms with Crippen molar-refractivity contribution in [2.75, 3.05) is 32.1 Å². The molecule has 0 radical (unpaired) electrons. The van der Waals surface area contributed by atoms with Gasteiger partial charge >= 0.3 is 0 Å². The van der Waals surface area contributed by atoms with E-state index >= 15 is 0 Å². The quantitative estimate of drug-likeness (QED) is 0.213. The molecule has 0 aliphatic carbocycles. The van der Waals surface area contributed by atoms with Crippen LogP contribution in [0.3, 0.4) is 0 Å². The van der Waals surface area contributed by atoms with Gasteiger partial charge in [0.2, 0.25) is 5.91 Å². The monoisotopic (exact) mass is 679 g/mol. The third-order valence-electron chi connectivity index (χ3n) is 8.54. The maximum Gasteiger partial charge on any atom is 0.257 e. The van der Waals surface area contributed by atoms with Crippen molar-refractivity contribution in [1.82, 2.24) is 15.4 Å². The molecule has 2 unspecified atom stereocenters. The largest absolute Gasteiger partial charge is 0.493 e. The van der Waals surface area contributed by atoms with Crippen LogP contribution in [0.5, 0.6) is 5.75 Å². The molecule has 4 heterocycles. The number of hydroxylamine groups is 1. The van der Waals surface area contributed by atoms with Crippen molar-refractivity contribution >= 4 is 33.0 Å². The number of nitrogens with one attached hydrogen (secondary N) is 1. The fourth-order valence-corrected chi connectivity index (χ4v) is 9.60. The molecule has 11 nitrogen and oxygen atoms in total. The first-order valence-corrected chi connectivity index (χ1v) is 18.2. The lowest BCUT2D eigenvalue weighted by Crippen LogP contribution is -2.43. The molecule has 0 saturated carbocycles. The number of carbonyl (C=O) groups is 2. The van der Waals surface area contributed by atoms with Crippen molar-refractivity contribution in [2.45, 2.75) is 50.1 Å². The highest BCUT2D eigenvalue weighted by Crippen LogP contribution is 2.45. The standard InChI is InChI=1S/C34H37N3O8S2/c1-2-42-27-8-4-3-7-26(27)33(39)37-17-16-34(47(40,41)20-18-37,21-31(38)36-45-32-9-5-6-19-43-32)30-15-14-29(46-30)25-12-10-24(11-13-25)28-22-35-23-44-28/h3-4,7-8,10-15,22-23,32H,2,5-6,9,16-21H2,1H3,(H,36,38). The maximum absolute atomic E-state index is 14.3. The van der Waals surface area contributed by atoms with E-state index in [1.54, 1.807) is 36.5 Å². The molecule has 6 rings (SSSR count). The van der Waals surface area contributed by atoms with Gasteiger partial charge in [-0.25, -0.2) is 23.7 Å². The summed E-state index contributed by atoms with van der Waals surface area (Å²) in [6, 6.07) is 18.3. The number of hydrogen-bond acceptors (Lipinski definition) is 10. The second-order valence-corrected chi connectivity index (χ2v) is 15.0. The van der Waals surface area contributed by atoms with Gasteiger partial charge in [0.1, 0.15) is 10.5 Å². The normalized spacial score (nSPS) is 21.1. The van der Waals surface area contributed by atoms with Crippen LogP contribution in [0.4, 0.5) is 0 Å². The van der Waals surface area contributed by atoms with Crippen molar-refractivity contribution in [3.63, 3.8) is 0 Å². The number of sulfone groups is 1. The highest BCUT2D eigenvalue weighted by Gasteiger charge is 2.50. The van der Waals surface area contributed by atoms with E-state index in [0.717, 1.165) is 28.8 Å². The summed E-state index contributed by atoms with van der Waals surface area (Å²) in [4.78, 5) is 39.6. The highest BCUT2D eigenvalue weighted by molar-refractivity contribution is 7.92. The Morgan fingerprint density at radius 3 is 2.62 bits per heavy atom. The van der Waals surface area contributed by atoms with Gasteiger partial charge in [0.25, 0.3) is 5.91 Å². The Bertz CT molecular complexity index is 1780. The highest BCUT2D eigenvalue weighted by atomic mass is 32.2. The predicted octanol–water partition coefficient (Wildman–Crippen LogP) is 5.59. The summed E-state index contributed by atoms with van der Waals surface area (Å²) in [5.41, 5.74) is 4.57. The Labute approximate surface area is 277 Å². The maximum atomic E-state index is 14.3. The SMILES string of the molecule is CCOc1ccccc1C(=O)N1CCC(CC(=O)NOC2CCCCO2)(c2ccc(-c3ccc(-c4cnco4)cc3)s2)S(=O)(=O)CC1. The first-order valence-electron chi connectivity index (χ1n) is 15.7. The molecule has 1 N–H and O–H groups in total. The predicted molar refractivity (Wildman–Crippen MR) is 176 cm³/mol. The molecule has 2 atom stereocenters. The lowest BCUT2D eigenvalue weighted by Gasteiger charge is -2.31. The lowest BCUT2D eigenvalue weighted by atomic mass is 9.97. The molecule has 248 valence electrons. The zero-order valence-corrected chi connectivity index (χ0v) is 27.7. The summed E-state index contributed by atoms with van der Waals surface area (Å²) in [5.74, 6) is -0.121. The fourth-order valence-electron chi connectivity index (χ4n) is 5.99. The number of oxazole rings is 1. The number of hydrogen-bond donors (Lipinski definition) is 1. The Morgan fingerprint density at radius 1 is 1.06 bits per heavy atom. The molecule has 47 heavy (non-hydrogen) atoms. The number of aromatic nitrogens is 1. The van der Waals surface area contributed by atoms with Crippen molar-refractivity contribution in [1.29, 1.82) is 0 Å². The Balaban J connectivity index is 1.30. The van der Waals surface area contributed by atoms with Gasteiger partial charge in [0.15, 0.2) is 28.3 Å². The number of amides is 2. The average molecular weight is 680 g/mol. The Morgan fingerprint density at radius 2 is 1.87 bits per heavy atom. The van der Waals surface area contributed by atoms with Crippen LogP contribution in [0.1, 0.15) is 54.3 Å². The second-order valence-electron chi connectivity index (χ2n) is 11.5. The van der Waals surface area contributed by atoms with Gasteiger partial charge in [0, 0.05) is 41.4 Å². The van der Waals surface area contributed by atoms with Crippen LogP contribution in [0, 0.1) is 0 Å². The average Bonchev–Trinajstić information content (AvgIpc) is 3.79. The molecule has 2 fully saturated rings. The molecule has 2 aliphatic heterocycles. The number of rotatable bonds is 10. The molecule has 0 bridgehead atoms. The minimum Gasteiger partial charge on any atom is -0.493 e. The van der Waals surface area contributed by atoms with Crippen LogP contribution in [0.15, 0.2) is 77.7 Å². The van der Waals surface area contributed by atoms with Crippen molar-refractivity contribution in [2.24, 2.45) is 0 Å². The zero-order chi connectivity index (χ0) is 32.9. The number of benzene rings is 2. The summed E-state index contributed by atoms with van der Waals surface area (Å²) in [6.07, 6.45) is 4.54. The molecule has 2 aromatic heterocycles. The molecular weight excluding hydrogens is 643 g/mol. The smallest absolute Gasteiger partial charge is 0.257 e. The van der Waals surface area contributed by atoms with E-state index in [4.69, 9.17) is 18.7 Å². The van der Waals surface area contributed by atoms with Crippen molar-refractivity contribution < 1.29 is 36.7 Å². The summed E-state index contributed by atoms with van der Waals surface area (Å²) >= 11 is 1.33. The molecule has 13 heteroatoms.